The molecule has 2 heterocycles. The number of nitrogens with zero attached hydrogens (tertiary/aromatic N) is 5. The van der Waals surface area contributed by atoms with E-state index >= 15 is 0 Å². The third-order valence-corrected chi connectivity index (χ3v) is 26.1. The normalized spacial score (nSPS) is 26.2. The van der Waals surface area contributed by atoms with Gasteiger partial charge < -0.3 is 61.0 Å². The second kappa shape index (κ2) is 37.4. The minimum absolute atomic E-state index is 0.00292. The summed E-state index contributed by atoms with van der Waals surface area (Å²) in [5.41, 5.74) is 7.73. The van der Waals surface area contributed by atoms with Gasteiger partial charge in [-0.05, 0) is 192 Å². The summed E-state index contributed by atoms with van der Waals surface area (Å²) in [6.45, 7) is 19.1. The SMILES string of the molecule is COc1c(CN2O[C@@H](CO)[C@@H]([C@H](C)O)[C@H]2C(=O)N[C@H]2C[C@H]3C[C@@H]([C@@H]2C)C3(C)C)cccc1-c1cc(C(=O)N[C@@H](Cc2ccccc2)CN(C)C)cc(C(=O)N(C)OC)c1.COc1c(CN2O[C@@H](CO)[C@@H]([C@H](C)O)[C@H]2C(=O)N[C@H]2C[C@H]3C[C@@H]([C@@H]2C)C3(C)C)cccc1-c1cc(C(C)=O)cc(C(=O)N[C@@H](Cc2ccccc2)CN(C)C)c1. The molecule has 0 aromatic heterocycles. The summed E-state index contributed by atoms with van der Waals surface area (Å²) in [6.07, 6.45) is 1.95. The highest BCUT2D eigenvalue weighted by Crippen LogP contribution is 2.62. The van der Waals surface area contributed by atoms with Crippen LogP contribution in [0.4, 0.5) is 0 Å². The maximum Gasteiger partial charge on any atom is 0.277 e. The lowest BCUT2D eigenvalue weighted by Crippen LogP contribution is -2.62. The van der Waals surface area contributed by atoms with Crippen LogP contribution in [0.25, 0.3) is 22.3 Å². The maximum absolute atomic E-state index is 14.3. The summed E-state index contributed by atoms with van der Waals surface area (Å²) >= 11 is 0. The first-order valence-corrected chi connectivity index (χ1v) is 40.7. The summed E-state index contributed by atoms with van der Waals surface area (Å²) in [5, 5.41) is 60.0. The highest BCUT2D eigenvalue weighted by atomic mass is 16.7. The Morgan fingerprint density at radius 2 is 0.913 bits per heavy atom. The fourth-order valence-electron chi connectivity index (χ4n) is 19.6. The molecule has 18 atom stereocenters. The number of carbonyl (C=O) groups excluding carboxylic acids is 6. The molecule has 14 rings (SSSR count). The van der Waals surface area contributed by atoms with Gasteiger partial charge in [-0.3, -0.25) is 43.3 Å². The van der Waals surface area contributed by atoms with Crippen LogP contribution in [0, 0.1) is 58.2 Å². The van der Waals surface area contributed by atoms with Gasteiger partial charge in [0.15, 0.2) is 5.78 Å². The molecule has 5 amide bonds. The first kappa shape index (κ1) is 87.3. The molecule has 6 saturated carbocycles. The number of fused-ring (bicyclic) bond motifs is 4. The van der Waals surface area contributed by atoms with E-state index in [0.29, 0.717) is 117 Å². The van der Waals surface area contributed by atoms with E-state index in [1.807, 2.05) is 135 Å². The van der Waals surface area contributed by atoms with Gasteiger partial charge in [0.05, 0.1) is 59.8 Å². The standard InChI is InChI=1S/C46H63N5O8.C45H60N4O7/c1-27-37-22-34(46(37,3)4)23-38(27)48-44(55)41-40(28(2)53)39(26-52)59-51(41)24-30-16-13-17-36(42(30)57-8)31-19-32(21-33(20-31)45(56)50(7)58-9)43(54)47-35(25-49(5)6)18-29-14-11-10-12-15-29;1-26-37-21-34(45(37,4)5)22-38(26)47-44(54)41-40(28(3)52)39(25-50)56-49(41)23-30-15-12-16-36(42(30)55-8)32-18-31(27(2)51)19-33(20-32)43(53)46-35(24-48(6)7)17-29-13-10-9-11-14-29/h10-17,19-21,27-28,34-35,37-41,52-53H,18,22-26H2,1-9H3,(H,47,54)(H,48,55);9-16,18-20,26,28,34-35,37-41,50,52H,17,21-25H2,1-8H3,(H,46,53)(H,47,54)/t27-,28-,34+,35-,37-,38-,39-,40+,41-;26-,28-,34+,35-,37-,38-,39-,40+,41-/m00/s1. The van der Waals surface area contributed by atoms with E-state index < -0.39 is 54.2 Å². The van der Waals surface area contributed by atoms with Crippen molar-refractivity contribution in [2.75, 3.05) is 82.9 Å². The van der Waals surface area contributed by atoms with Crippen molar-refractivity contribution in [1.82, 2.24) is 46.3 Å². The number of amides is 5. The van der Waals surface area contributed by atoms with E-state index in [-0.39, 0.29) is 102 Å². The zero-order valence-corrected chi connectivity index (χ0v) is 70.1. The molecule has 6 aromatic rings. The summed E-state index contributed by atoms with van der Waals surface area (Å²) in [5.74, 6) is 0.582. The Bertz CT molecular complexity index is 4390. The summed E-state index contributed by atoms with van der Waals surface area (Å²) in [7, 11) is 13.8. The molecule has 0 unspecified atom stereocenters. The molecule has 24 nitrogen and oxygen atoms in total. The number of hydrogen-bond donors (Lipinski definition) is 8. The molecule has 0 radical (unpaired) electrons. The molecule has 2 aliphatic heterocycles. The number of likely N-dealkylation sites (N-methyl/N-ethyl adjacent to an activating group) is 2. The zero-order chi connectivity index (χ0) is 83.2. The Morgan fingerprint density at radius 3 is 1.25 bits per heavy atom. The summed E-state index contributed by atoms with van der Waals surface area (Å²) in [4.78, 5) is 105. The number of aliphatic hydroxyl groups is 4. The number of para-hydroxylation sites is 2. The first-order chi connectivity index (χ1) is 54.7. The lowest BCUT2D eigenvalue weighted by molar-refractivity contribution is -0.183. The lowest BCUT2D eigenvalue weighted by Gasteiger charge is -2.62. The molecule has 24 heteroatoms. The van der Waals surface area contributed by atoms with Crippen molar-refractivity contribution in [3.05, 3.63) is 178 Å². The highest BCUT2D eigenvalue weighted by molar-refractivity contribution is 6.03. The minimum Gasteiger partial charge on any atom is -0.496 e. The number of hydroxylamine groups is 6. The predicted molar refractivity (Wildman–Crippen MR) is 441 cm³/mol. The van der Waals surface area contributed by atoms with Gasteiger partial charge in [0, 0.05) is 101 Å². The van der Waals surface area contributed by atoms with Gasteiger partial charge in [-0.15, -0.1) is 0 Å². The van der Waals surface area contributed by atoms with Crippen LogP contribution in [0.3, 0.4) is 0 Å². The van der Waals surface area contributed by atoms with Gasteiger partial charge in [0.1, 0.15) is 35.8 Å². The van der Waals surface area contributed by atoms with E-state index in [2.05, 4.69) is 62.8 Å². The third-order valence-electron chi connectivity index (χ3n) is 26.1. The quantitative estimate of drug-likeness (QED) is 0.0148. The number of carbonyl (C=O) groups is 6. The van der Waals surface area contributed by atoms with E-state index in [9.17, 15) is 49.2 Å². The molecule has 8 fully saturated rings. The molecule has 0 spiro atoms. The molecule has 115 heavy (non-hydrogen) atoms. The van der Waals surface area contributed by atoms with Crippen LogP contribution in [0.5, 0.6) is 11.5 Å². The maximum atomic E-state index is 14.3. The Balaban J connectivity index is 0.000000227. The number of ketones is 1. The molecular weight excluding hydrogens is 1460 g/mol. The Hall–Kier alpha value is -8.50. The molecule has 2 saturated heterocycles. The largest absolute Gasteiger partial charge is 0.496 e. The van der Waals surface area contributed by atoms with Crippen LogP contribution in [0.15, 0.2) is 133 Å². The number of benzene rings is 6. The smallest absolute Gasteiger partial charge is 0.277 e. The number of Topliss-reactive ketones (excluding diaryl/α,β-unsaturated/α-hetero) is 1. The van der Waals surface area contributed by atoms with E-state index in [0.717, 1.165) is 29.0 Å². The average Bonchev–Trinajstić information content (AvgIpc) is 1.15. The first-order valence-electron chi connectivity index (χ1n) is 40.7. The van der Waals surface area contributed by atoms with E-state index in [4.69, 9.17) is 24.0 Å². The van der Waals surface area contributed by atoms with Crippen LogP contribution < -0.4 is 30.7 Å². The fraction of sp³-hybridized carbons (Fsp3) is 0.538. The predicted octanol–water partition coefficient (Wildman–Crippen LogP) is 9.69. The third kappa shape index (κ3) is 19.4. The molecule has 622 valence electrons. The van der Waals surface area contributed by atoms with Crippen molar-refractivity contribution in [3.8, 4) is 33.8 Å². The van der Waals surface area contributed by atoms with Crippen molar-refractivity contribution < 1.29 is 73.2 Å². The highest BCUT2D eigenvalue weighted by Gasteiger charge is 2.59. The van der Waals surface area contributed by atoms with Crippen LogP contribution in [-0.2, 0) is 50.0 Å². The summed E-state index contributed by atoms with van der Waals surface area (Å²) < 4.78 is 12.1. The summed E-state index contributed by atoms with van der Waals surface area (Å²) in [6, 6.07) is 39.1. The van der Waals surface area contributed by atoms with Gasteiger partial charge >= 0.3 is 0 Å². The van der Waals surface area contributed by atoms with Crippen LogP contribution in [-0.4, -0.2) is 224 Å². The molecular formula is C91H123N9O15. The van der Waals surface area contributed by atoms with E-state index in [1.165, 1.54) is 33.9 Å². The monoisotopic (exact) mass is 1580 g/mol. The van der Waals surface area contributed by atoms with Gasteiger partial charge in [0.25, 0.3) is 17.7 Å². The van der Waals surface area contributed by atoms with Crippen molar-refractivity contribution >= 4 is 35.3 Å². The van der Waals surface area contributed by atoms with Crippen LogP contribution in [0.2, 0.25) is 0 Å². The number of nitrogens with one attached hydrogen (secondary N) is 4. The van der Waals surface area contributed by atoms with Crippen molar-refractivity contribution in [3.63, 3.8) is 0 Å². The Labute approximate surface area is 678 Å². The van der Waals surface area contributed by atoms with Crippen LogP contribution in [0.1, 0.15) is 152 Å². The number of ether oxygens (including phenoxy) is 2. The Kier molecular flexibility index (Phi) is 28.4. The molecule has 6 aliphatic carbocycles. The van der Waals surface area contributed by atoms with Gasteiger partial charge in [-0.25, -0.2) is 5.06 Å². The number of rotatable bonds is 31. The second-order valence-corrected chi connectivity index (χ2v) is 34.8. The van der Waals surface area contributed by atoms with Gasteiger partial charge in [-0.1, -0.05) is 139 Å². The number of aliphatic hydroxyl groups excluding tert-OH is 4. The van der Waals surface area contributed by atoms with Gasteiger partial charge in [0.2, 0.25) is 11.8 Å². The number of hydrogen-bond acceptors (Lipinski definition) is 19. The minimum atomic E-state index is -0.947. The Morgan fingerprint density at radius 1 is 0.530 bits per heavy atom. The number of methoxy groups -OCH3 is 2. The van der Waals surface area contributed by atoms with Crippen LogP contribution >= 0.6 is 0 Å². The molecule has 6 aromatic carbocycles. The lowest BCUT2D eigenvalue weighted by atomic mass is 9.45. The van der Waals surface area contributed by atoms with E-state index in [1.54, 1.807) is 74.6 Å². The molecule has 8 aliphatic rings. The zero-order valence-electron chi connectivity index (χ0n) is 70.1. The van der Waals surface area contributed by atoms with Crippen molar-refractivity contribution in [2.24, 2.45) is 58.2 Å². The second-order valence-electron chi connectivity index (χ2n) is 34.8. The van der Waals surface area contributed by atoms with Crippen molar-refractivity contribution in [1.29, 1.82) is 0 Å². The topological polar surface area (TPSA) is 294 Å². The molecule has 8 N–H and O–H groups in total. The average molecular weight is 1580 g/mol. The fourth-order valence-corrected chi connectivity index (χ4v) is 19.6. The van der Waals surface area contributed by atoms with Crippen molar-refractivity contribution in [2.45, 2.75) is 175 Å². The molecule has 4 bridgehead atoms. The van der Waals surface area contributed by atoms with Gasteiger partial charge in [-0.2, -0.15) is 10.1 Å².